The van der Waals surface area contributed by atoms with Gasteiger partial charge in [-0.2, -0.15) is 0 Å². The van der Waals surface area contributed by atoms with Crippen LogP contribution in [0, 0.1) is 0 Å². The molecule has 0 saturated heterocycles. The Morgan fingerprint density at radius 2 is 1.57 bits per heavy atom. The van der Waals surface area contributed by atoms with Gasteiger partial charge in [0, 0.05) is 0 Å². The van der Waals surface area contributed by atoms with Gasteiger partial charge in [-0.25, -0.2) is 0 Å². The van der Waals surface area contributed by atoms with E-state index in [1.54, 1.807) is 0 Å². The number of nitrogens with one attached hydrogen (secondary N) is 1. The van der Waals surface area contributed by atoms with Gasteiger partial charge in [0.1, 0.15) is 0 Å². The molecular weight excluding hydrogens is 254 g/mol. The average Bonchev–Trinajstić information content (AvgIpc) is 2.54. The van der Waals surface area contributed by atoms with Crippen molar-refractivity contribution in [2.24, 2.45) is 0 Å². The fraction of sp³-hybridized carbons (Fsp3) is 0.400. The monoisotopic (exact) mass is 281 g/mol. The van der Waals surface area contributed by atoms with E-state index in [1.807, 2.05) is 7.05 Å². The van der Waals surface area contributed by atoms with E-state index in [1.165, 1.54) is 36.0 Å². The van der Waals surface area contributed by atoms with Crippen LogP contribution in [0.25, 0.3) is 0 Å². The van der Waals surface area contributed by atoms with Crippen LogP contribution in [-0.2, 0) is 12.8 Å². The summed E-state index contributed by atoms with van der Waals surface area (Å²) in [6, 6.07) is 20.1. The smallest absolute Gasteiger partial charge is 0.00460 e. The van der Waals surface area contributed by atoms with E-state index in [2.05, 4.69) is 66.8 Å². The van der Waals surface area contributed by atoms with E-state index < -0.39 is 0 Å². The van der Waals surface area contributed by atoms with Crippen molar-refractivity contribution in [3.05, 3.63) is 71.3 Å². The molecule has 2 rings (SSSR count). The average molecular weight is 281 g/mol. The summed E-state index contributed by atoms with van der Waals surface area (Å²) < 4.78 is 0. The Bertz CT molecular complexity index is 501. The normalized spacial score (nSPS) is 12.3. The van der Waals surface area contributed by atoms with Crippen molar-refractivity contribution < 1.29 is 0 Å². The molecule has 0 heterocycles. The number of aryl methyl sites for hydroxylation is 1. The Labute approximate surface area is 129 Å². The highest BCUT2D eigenvalue weighted by atomic mass is 14.8. The minimum Gasteiger partial charge on any atom is -0.320 e. The maximum atomic E-state index is 3.28. The van der Waals surface area contributed by atoms with Crippen molar-refractivity contribution in [1.29, 1.82) is 0 Å². The Morgan fingerprint density at radius 3 is 2.19 bits per heavy atom. The number of benzene rings is 2. The summed E-state index contributed by atoms with van der Waals surface area (Å²) in [6.07, 6.45) is 4.70. The Morgan fingerprint density at radius 1 is 0.905 bits per heavy atom. The first-order valence-electron chi connectivity index (χ1n) is 8.10. The summed E-state index contributed by atoms with van der Waals surface area (Å²) >= 11 is 0. The molecule has 0 radical (unpaired) electrons. The van der Waals surface area contributed by atoms with E-state index in [4.69, 9.17) is 0 Å². The van der Waals surface area contributed by atoms with Crippen LogP contribution in [0.2, 0.25) is 0 Å². The molecule has 2 aromatic rings. The maximum Gasteiger partial charge on any atom is -0.00460 e. The van der Waals surface area contributed by atoms with E-state index in [9.17, 15) is 0 Å². The summed E-state index contributed by atoms with van der Waals surface area (Å²) in [7, 11) is 2.03. The van der Waals surface area contributed by atoms with Crippen LogP contribution >= 0.6 is 0 Å². The molecule has 2 aromatic carbocycles. The molecule has 0 amide bonds. The van der Waals surface area contributed by atoms with Crippen LogP contribution in [0.5, 0.6) is 0 Å². The fourth-order valence-electron chi connectivity index (χ4n) is 2.85. The predicted molar refractivity (Wildman–Crippen MR) is 91.9 cm³/mol. The van der Waals surface area contributed by atoms with E-state index in [0.717, 1.165) is 13.0 Å². The van der Waals surface area contributed by atoms with E-state index in [-0.39, 0.29) is 0 Å². The molecular formula is C20H27N. The second-order valence-corrected chi connectivity index (χ2v) is 5.77. The second kappa shape index (κ2) is 8.63. The summed E-state index contributed by atoms with van der Waals surface area (Å²) in [5.74, 6) is 0.593. The van der Waals surface area contributed by atoms with Crippen LogP contribution in [0.1, 0.15) is 42.4 Å². The van der Waals surface area contributed by atoms with Gasteiger partial charge in [0.25, 0.3) is 0 Å². The molecule has 112 valence electrons. The number of hydrogen-bond acceptors (Lipinski definition) is 1. The molecule has 1 atom stereocenters. The zero-order chi connectivity index (χ0) is 14.9. The van der Waals surface area contributed by atoms with Crippen molar-refractivity contribution in [2.75, 3.05) is 13.6 Å². The molecule has 1 nitrogen and oxygen atoms in total. The lowest BCUT2D eigenvalue weighted by Crippen LogP contribution is -2.14. The van der Waals surface area contributed by atoms with Gasteiger partial charge in [0.2, 0.25) is 0 Å². The van der Waals surface area contributed by atoms with E-state index in [0.29, 0.717) is 5.92 Å². The molecule has 1 heteroatoms. The molecule has 0 bridgehead atoms. The predicted octanol–water partition coefficient (Wildman–Crippen LogP) is 4.57. The second-order valence-electron chi connectivity index (χ2n) is 5.77. The third-order valence-electron chi connectivity index (χ3n) is 4.06. The zero-order valence-corrected chi connectivity index (χ0v) is 13.3. The van der Waals surface area contributed by atoms with Crippen LogP contribution < -0.4 is 5.32 Å². The largest absolute Gasteiger partial charge is 0.320 e. The molecule has 1 unspecified atom stereocenters. The highest BCUT2D eigenvalue weighted by molar-refractivity contribution is 5.27. The Hall–Kier alpha value is -1.60. The standard InChI is InChI=1S/C20H27N/c1-3-7-17-10-12-18(13-11-17)16-20(14-15-21-2)19-8-5-4-6-9-19/h4-6,8-13,20-21H,3,7,14-16H2,1-2H3. The molecule has 0 fully saturated rings. The van der Waals surface area contributed by atoms with Gasteiger partial charge >= 0.3 is 0 Å². The third-order valence-corrected chi connectivity index (χ3v) is 4.06. The van der Waals surface area contributed by atoms with Gasteiger partial charge in [0.15, 0.2) is 0 Å². The topological polar surface area (TPSA) is 12.0 Å². The first-order valence-corrected chi connectivity index (χ1v) is 8.10. The summed E-state index contributed by atoms with van der Waals surface area (Å²) in [5.41, 5.74) is 4.35. The molecule has 0 spiro atoms. The Kier molecular flexibility index (Phi) is 6.49. The lowest BCUT2D eigenvalue weighted by molar-refractivity contribution is 0.593. The van der Waals surface area contributed by atoms with Crippen molar-refractivity contribution in [3.8, 4) is 0 Å². The molecule has 0 aromatic heterocycles. The summed E-state index contributed by atoms with van der Waals surface area (Å²) in [4.78, 5) is 0. The Balaban J connectivity index is 2.07. The molecule has 0 aliphatic rings. The first kappa shape index (κ1) is 15.8. The van der Waals surface area contributed by atoms with Gasteiger partial charge in [0.05, 0.1) is 0 Å². The van der Waals surface area contributed by atoms with Crippen LogP contribution in [0.4, 0.5) is 0 Å². The van der Waals surface area contributed by atoms with Gasteiger partial charge in [-0.3, -0.25) is 0 Å². The van der Waals surface area contributed by atoms with Crippen molar-refractivity contribution in [1.82, 2.24) is 5.32 Å². The zero-order valence-electron chi connectivity index (χ0n) is 13.3. The number of hydrogen-bond donors (Lipinski definition) is 1. The van der Waals surface area contributed by atoms with Gasteiger partial charge in [-0.15, -0.1) is 0 Å². The first-order chi connectivity index (χ1) is 10.3. The highest BCUT2D eigenvalue weighted by Crippen LogP contribution is 2.24. The van der Waals surface area contributed by atoms with E-state index >= 15 is 0 Å². The van der Waals surface area contributed by atoms with Crippen molar-refractivity contribution in [3.63, 3.8) is 0 Å². The van der Waals surface area contributed by atoms with Crippen LogP contribution in [0.15, 0.2) is 54.6 Å². The SMILES string of the molecule is CCCc1ccc(CC(CCNC)c2ccccc2)cc1. The third kappa shape index (κ3) is 5.02. The van der Waals surface area contributed by atoms with Gasteiger partial charge in [-0.05, 0) is 55.5 Å². The van der Waals surface area contributed by atoms with Gasteiger partial charge < -0.3 is 5.32 Å². The number of rotatable bonds is 8. The molecule has 0 aliphatic carbocycles. The minimum atomic E-state index is 0.593. The minimum absolute atomic E-state index is 0.593. The molecule has 0 saturated carbocycles. The summed E-state index contributed by atoms with van der Waals surface area (Å²) in [5, 5.41) is 3.28. The molecule has 21 heavy (non-hydrogen) atoms. The van der Waals surface area contributed by atoms with Crippen molar-refractivity contribution >= 4 is 0 Å². The lowest BCUT2D eigenvalue weighted by atomic mass is 9.89. The highest BCUT2D eigenvalue weighted by Gasteiger charge is 2.11. The molecule has 0 aliphatic heterocycles. The maximum absolute atomic E-state index is 3.28. The quantitative estimate of drug-likeness (QED) is 0.747. The van der Waals surface area contributed by atoms with Gasteiger partial charge in [-0.1, -0.05) is 67.9 Å². The van der Waals surface area contributed by atoms with Crippen LogP contribution in [0.3, 0.4) is 0 Å². The molecule has 1 N–H and O–H groups in total. The van der Waals surface area contributed by atoms with Crippen LogP contribution in [-0.4, -0.2) is 13.6 Å². The van der Waals surface area contributed by atoms with Crippen molar-refractivity contribution in [2.45, 2.75) is 38.5 Å². The lowest BCUT2D eigenvalue weighted by Gasteiger charge is -2.18. The fourth-order valence-corrected chi connectivity index (χ4v) is 2.85. The summed E-state index contributed by atoms with van der Waals surface area (Å²) in [6.45, 7) is 3.30.